The van der Waals surface area contributed by atoms with Gasteiger partial charge in [0.15, 0.2) is 6.10 Å². The number of ether oxygens (including phenoxy) is 2. The molecule has 138 valence electrons. The molecule has 0 bridgehead atoms. The molecular weight excluding hydrogens is 383 g/mol. The Hall–Kier alpha value is -2.49. The van der Waals surface area contributed by atoms with Crippen molar-refractivity contribution in [1.29, 1.82) is 0 Å². The van der Waals surface area contributed by atoms with E-state index in [0.29, 0.717) is 15.8 Å². The summed E-state index contributed by atoms with van der Waals surface area (Å²) >= 11 is 11.9. The summed E-state index contributed by atoms with van der Waals surface area (Å²) in [6, 6.07) is 22.8. The van der Waals surface area contributed by atoms with Crippen molar-refractivity contribution >= 4 is 29.2 Å². The van der Waals surface area contributed by atoms with Crippen LogP contribution in [0.15, 0.2) is 72.8 Å². The number of esters is 1. The summed E-state index contributed by atoms with van der Waals surface area (Å²) in [7, 11) is 0. The molecule has 3 aromatic rings. The van der Waals surface area contributed by atoms with Gasteiger partial charge in [-0.25, -0.2) is 4.79 Å². The van der Waals surface area contributed by atoms with E-state index >= 15 is 0 Å². The lowest BCUT2D eigenvalue weighted by molar-refractivity contribution is -0.152. The van der Waals surface area contributed by atoms with Crippen molar-refractivity contribution in [2.75, 3.05) is 0 Å². The maximum atomic E-state index is 12.2. The molecule has 0 spiro atoms. The van der Waals surface area contributed by atoms with Crippen LogP contribution in [0.5, 0.6) is 5.75 Å². The van der Waals surface area contributed by atoms with Gasteiger partial charge >= 0.3 is 5.97 Å². The fourth-order valence-electron chi connectivity index (χ4n) is 2.51. The van der Waals surface area contributed by atoms with E-state index in [1.165, 1.54) is 0 Å². The predicted octanol–water partition coefficient (Wildman–Crippen LogP) is 6.17. The van der Waals surface area contributed by atoms with Gasteiger partial charge in [0.25, 0.3) is 0 Å². The molecule has 3 nitrogen and oxygen atoms in total. The quantitative estimate of drug-likeness (QED) is 0.464. The SMILES string of the molecule is C[C@@H](Oc1ccc(Cl)cc1Cl)C(=O)OCc1ccc(-c2ccccc2)cc1. The highest BCUT2D eigenvalue weighted by Gasteiger charge is 2.18. The van der Waals surface area contributed by atoms with Crippen molar-refractivity contribution in [3.05, 3.63) is 88.4 Å². The molecule has 0 radical (unpaired) electrons. The second-order valence-electron chi connectivity index (χ2n) is 6.01. The second kappa shape index (κ2) is 8.94. The van der Waals surface area contributed by atoms with Gasteiger partial charge in [0.05, 0.1) is 5.02 Å². The maximum absolute atomic E-state index is 12.2. The summed E-state index contributed by atoms with van der Waals surface area (Å²) < 4.78 is 10.9. The zero-order valence-electron chi connectivity index (χ0n) is 14.7. The lowest BCUT2D eigenvalue weighted by atomic mass is 10.0. The van der Waals surface area contributed by atoms with E-state index in [4.69, 9.17) is 32.7 Å². The molecule has 0 saturated heterocycles. The van der Waals surface area contributed by atoms with E-state index < -0.39 is 12.1 Å². The Balaban J connectivity index is 1.55. The summed E-state index contributed by atoms with van der Waals surface area (Å²) in [5.41, 5.74) is 3.16. The molecule has 0 aliphatic carbocycles. The summed E-state index contributed by atoms with van der Waals surface area (Å²) in [4.78, 5) is 12.2. The van der Waals surface area contributed by atoms with Crippen molar-refractivity contribution in [2.45, 2.75) is 19.6 Å². The maximum Gasteiger partial charge on any atom is 0.347 e. The van der Waals surface area contributed by atoms with E-state index in [1.54, 1.807) is 25.1 Å². The van der Waals surface area contributed by atoms with Gasteiger partial charge in [0, 0.05) is 5.02 Å². The number of halogens is 2. The smallest absolute Gasteiger partial charge is 0.347 e. The molecule has 0 amide bonds. The van der Waals surface area contributed by atoms with E-state index in [-0.39, 0.29) is 6.61 Å². The predicted molar refractivity (Wildman–Crippen MR) is 108 cm³/mol. The molecule has 0 heterocycles. The molecule has 27 heavy (non-hydrogen) atoms. The topological polar surface area (TPSA) is 35.5 Å². The lowest BCUT2D eigenvalue weighted by Crippen LogP contribution is -2.26. The molecule has 3 rings (SSSR count). The third kappa shape index (κ3) is 5.25. The van der Waals surface area contributed by atoms with Crippen molar-refractivity contribution in [3.8, 4) is 16.9 Å². The number of benzene rings is 3. The summed E-state index contributed by atoms with van der Waals surface area (Å²) in [5.74, 6) is -0.0779. The van der Waals surface area contributed by atoms with E-state index in [9.17, 15) is 4.79 Å². The molecule has 0 unspecified atom stereocenters. The van der Waals surface area contributed by atoms with Gasteiger partial charge in [-0.05, 0) is 41.8 Å². The summed E-state index contributed by atoms with van der Waals surface area (Å²) in [6.45, 7) is 1.79. The molecule has 0 aromatic heterocycles. The summed E-state index contributed by atoms with van der Waals surface area (Å²) in [6.07, 6.45) is -0.785. The molecule has 0 fully saturated rings. The average Bonchev–Trinajstić information content (AvgIpc) is 2.69. The third-order valence-corrected chi connectivity index (χ3v) is 4.50. The number of carbonyl (C=O) groups is 1. The van der Waals surface area contributed by atoms with Crippen LogP contribution in [0.25, 0.3) is 11.1 Å². The van der Waals surface area contributed by atoms with E-state index in [0.717, 1.165) is 16.7 Å². The van der Waals surface area contributed by atoms with Gasteiger partial charge in [0.2, 0.25) is 0 Å². The number of carbonyl (C=O) groups excluding carboxylic acids is 1. The Morgan fingerprint density at radius 1 is 0.926 bits per heavy atom. The van der Waals surface area contributed by atoms with Crippen LogP contribution in [-0.2, 0) is 16.1 Å². The van der Waals surface area contributed by atoms with Crippen LogP contribution in [0.1, 0.15) is 12.5 Å². The monoisotopic (exact) mass is 400 g/mol. The van der Waals surface area contributed by atoms with Crippen LogP contribution >= 0.6 is 23.2 Å². The first-order valence-electron chi connectivity index (χ1n) is 8.45. The van der Waals surface area contributed by atoms with Gasteiger partial charge in [-0.3, -0.25) is 0 Å². The summed E-state index contributed by atoms with van der Waals surface area (Å²) in [5, 5.41) is 0.847. The van der Waals surface area contributed by atoms with Crippen LogP contribution in [-0.4, -0.2) is 12.1 Å². The minimum atomic E-state index is -0.785. The van der Waals surface area contributed by atoms with Gasteiger partial charge < -0.3 is 9.47 Å². The van der Waals surface area contributed by atoms with E-state index in [1.807, 2.05) is 42.5 Å². The second-order valence-corrected chi connectivity index (χ2v) is 6.85. The Kier molecular flexibility index (Phi) is 6.38. The third-order valence-electron chi connectivity index (χ3n) is 3.97. The van der Waals surface area contributed by atoms with Gasteiger partial charge in [-0.2, -0.15) is 0 Å². The molecule has 0 aliphatic rings. The number of hydrogen-bond donors (Lipinski definition) is 0. The molecule has 0 saturated carbocycles. The first kappa shape index (κ1) is 19.3. The molecule has 5 heteroatoms. The first-order chi connectivity index (χ1) is 13.0. The normalized spacial score (nSPS) is 11.7. The van der Waals surface area contributed by atoms with Gasteiger partial charge in [-0.1, -0.05) is 77.8 Å². The van der Waals surface area contributed by atoms with Gasteiger partial charge in [0.1, 0.15) is 12.4 Å². The number of rotatable bonds is 6. The first-order valence-corrected chi connectivity index (χ1v) is 9.21. The zero-order valence-corrected chi connectivity index (χ0v) is 16.2. The van der Waals surface area contributed by atoms with Crippen LogP contribution in [0.2, 0.25) is 10.0 Å². The highest BCUT2D eigenvalue weighted by Crippen LogP contribution is 2.28. The van der Waals surface area contributed by atoms with Crippen molar-refractivity contribution in [3.63, 3.8) is 0 Å². The molecule has 1 atom stereocenters. The highest BCUT2D eigenvalue weighted by atomic mass is 35.5. The van der Waals surface area contributed by atoms with Crippen LogP contribution < -0.4 is 4.74 Å². The Labute approximate surface area is 168 Å². The van der Waals surface area contributed by atoms with Crippen molar-refractivity contribution < 1.29 is 14.3 Å². The molecule has 0 N–H and O–H groups in total. The molecular formula is C22H18Cl2O3. The molecule has 3 aromatic carbocycles. The fraction of sp³-hybridized carbons (Fsp3) is 0.136. The Bertz CT molecular complexity index is 909. The Morgan fingerprint density at radius 2 is 1.59 bits per heavy atom. The van der Waals surface area contributed by atoms with Crippen molar-refractivity contribution in [1.82, 2.24) is 0 Å². The minimum absolute atomic E-state index is 0.177. The largest absolute Gasteiger partial charge is 0.477 e. The minimum Gasteiger partial charge on any atom is -0.477 e. The average molecular weight is 401 g/mol. The number of hydrogen-bond acceptors (Lipinski definition) is 3. The van der Waals surface area contributed by atoms with Crippen LogP contribution in [0.3, 0.4) is 0 Å². The van der Waals surface area contributed by atoms with E-state index in [2.05, 4.69) is 12.1 Å². The van der Waals surface area contributed by atoms with Crippen molar-refractivity contribution in [2.24, 2.45) is 0 Å². The van der Waals surface area contributed by atoms with Crippen LogP contribution in [0.4, 0.5) is 0 Å². The van der Waals surface area contributed by atoms with Gasteiger partial charge in [-0.15, -0.1) is 0 Å². The zero-order chi connectivity index (χ0) is 19.2. The highest BCUT2D eigenvalue weighted by molar-refractivity contribution is 6.35. The lowest BCUT2D eigenvalue weighted by Gasteiger charge is -2.15. The fourth-order valence-corrected chi connectivity index (χ4v) is 2.96. The standard InChI is InChI=1S/C22H18Cl2O3/c1-15(27-21-12-11-19(23)13-20(21)24)22(25)26-14-16-7-9-18(10-8-16)17-5-3-2-4-6-17/h2-13,15H,14H2,1H3/t15-/m1/s1. The molecule has 0 aliphatic heterocycles. The Morgan fingerprint density at radius 3 is 2.26 bits per heavy atom. The van der Waals surface area contributed by atoms with Crippen LogP contribution in [0, 0.1) is 0 Å².